The summed E-state index contributed by atoms with van der Waals surface area (Å²) in [7, 11) is 0. The zero-order chi connectivity index (χ0) is 45.9. The van der Waals surface area contributed by atoms with E-state index >= 15 is 0 Å². The van der Waals surface area contributed by atoms with E-state index in [9.17, 15) is 0 Å². The second-order valence-electron chi connectivity index (χ2n) is 18.7. The summed E-state index contributed by atoms with van der Waals surface area (Å²) in [4.78, 5) is 9.83. The van der Waals surface area contributed by atoms with E-state index in [1.165, 1.54) is 77.9 Å². The molecule has 4 atom stereocenters. The number of anilines is 10. The first-order valence-corrected chi connectivity index (χ1v) is 24.1. The minimum Gasteiger partial charge on any atom is -0.338 e. The number of hydrogen-bond acceptors (Lipinski definition) is 4. The summed E-state index contributed by atoms with van der Waals surface area (Å²) < 4.78 is 0. The van der Waals surface area contributed by atoms with E-state index in [-0.39, 0.29) is 0 Å². The van der Waals surface area contributed by atoms with Gasteiger partial charge in [-0.05, 0) is 156 Å². The van der Waals surface area contributed by atoms with Crippen molar-refractivity contribution in [1.82, 2.24) is 0 Å². The van der Waals surface area contributed by atoms with Crippen molar-refractivity contribution in [2.75, 3.05) is 19.6 Å². The normalized spacial score (nSPS) is 17.4. The Morgan fingerprint density at radius 3 is 1.09 bits per heavy atom. The van der Waals surface area contributed by atoms with Crippen LogP contribution in [0.15, 0.2) is 231 Å². The lowest BCUT2D eigenvalue weighted by molar-refractivity contribution is 0.642. The summed E-state index contributed by atoms with van der Waals surface area (Å²) in [5.74, 6) is 0.734. The van der Waals surface area contributed by atoms with Gasteiger partial charge in [0.2, 0.25) is 0 Å². The molecule has 2 heterocycles. The first-order valence-electron chi connectivity index (χ1n) is 24.1. The predicted molar refractivity (Wildman–Crippen MR) is 289 cm³/mol. The highest BCUT2D eigenvalue weighted by Crippen LogP contribution is 2.50. The van der Waals surface area contributed by atoms with Crippen molar-refractivity contribution >= 4 is 78.4 Å². The summed E-state index contributed by atoms with van der Waals surface area (Å²) in [6, 6.07) is 85.1. The van der Waals surface area contributed by atoms with E-state index in [1.54, 1.807) is 0 Å². The molecule has 0 saturated heterocycles. The Balaban J connectivity index is 0.831. The maximum Gasteiger partial charge on any atom is 0.0540 e. The molecule has 0 N–H and O–H groups in total. The second kappa shape index (κ2) is 17.0. The Morgan fingerprint density at radius 2 is 0.676 bits per heavy atom. The minimum absolute atomic E-state index is 0.307. The fourth-order valence-electron chi connectivity index (χ4n) is 11.1. The van der Waals surface area contributed by atoms with Crippen LogP contribution < -0.4 is 19.6 Å². The Morgan fingerprint density at radius 1 is 0.324 bits per heavy atom. The smallest absolute Gasteiger partial charge is 0.0540 e. The molecule has 12 rings (SSSR count). The molecule has 10 aromatic rings. The van der Waals surface area contributed by atoms with Gasteiger partial charge in [-0.1, -0.05) is 135 Å². The van der Waals surface area contributed by atoms with E-state index in [0.717, 1.165) is 22.7 Å². The lowest BCUT2D eigenvalue weighted by Crippen LogP contribution is -2.25. The Hall–Kier alpha value is -8.08. The minimum atomic E-state index is 0.307. The molecule has 2 aliphatic rings. The molecule has 4 heteroatoms. The Kier molecular flexibility index (Phi) is 10.3. The summed E-state index contributed by atoms with van der Waals surface area (Å²) in [5.41, 5.74) is 17.2. The highest BCUT2D eigenvalue weighted by atomic mass is 15.2. The molecule has 0 fully saturated rings. The molecule has 10 aromatic carbocycles. The van der Waals surface area contributed by atoms with Crippen LogP contribution in [0.2, 0.25) is 0 Å². The second-order valence-corrected chi connectivity index (χ2v) is 18.7. The van der Waals surface area contributed by atoms with Crippen LogP contribution in [0, 0.1) is 0 Å². The fourth-order valence-corrected chi connectivity index (χ4v) is 11.1. The average Bonchev–Trinajstić information content (AvgIpc) is 3.80. The Bertz CT molecular complexity index is 3200. The molecule has 4 unspecified atom stereocenters. The SMILES string of the molecule is CC1c2cc(-c3ccc4c(c3)C(C)C(C)N4c3ccc(N(c4ccccc4)c4cccc5ccccc45)cc3)ccc2N(c2ccc(N(c3ccccc3)c3cccc4ccccc34)cc2)C1C. The predicted octanol–water partition coefficient (Wildman–Crippen LogP) is 17.9. The van der Waals surface area contributed by atoms with Crippen LogP contribution in [0.1, 0.15) is 50.7 Å². The molecule has 0 amide bonds. The zero-order valence-corrected chi connectivity index (χ0v) is 39.0. The van der Waals surface area contributed by atoms with Gasteiger partial charge in [-0.2, -0.15) is 0 Å². The van der Waals surface area contributed by atoms with Gasteiger partial charge in [0.25, 0.3) is 0 Å². The van der Waals surface area contributed by atoms with Crippen LogP contribution in [0.4, 0.5) is 56.9 Å². The standard InChI is InChI=1S/C64H54N4/c1-43-45(3)65(53-31-35-55(36-32-53)67(51-21-7-5-8-22-51)61-27-15-19-47-17-11-13-25-57(47)61)63-39-29-49(41-59(43)63)50-30-40-64-60(42-50)44(2)46(4)66(64)54-33-37-56(38-34-54)68(52-23-9-6-10-24-52)62-28-16-20-48-18-12-14-26-58(48)62/h5-46H,1-4H3. The monoisotopic (exact) mass is 878 g/mol. The Labute approximate surface area is 400 Å². The van der Waals surface area contributed by atoms with Crippen molar-refractivity contribution in [2.24, 2.45) is 0 Å². The molecule has 0 bridgehead atoms. The molecule has 4 nitrogen and oxygen atoms in total. The number of benzene rings is 10. The highest BCUT2D eigenvalue weighted by molar-refractivity contribution is 6.00. The van der Waals surface area contributed by atoms with Crippen LogP contribution in [0.25, 0.3) is 32.7 Å². The van der Waals surface area contributed by atoms with Gasteiger partial charge in [-0.3, -0.25) is 0 Å². The molecule has 0 aliphatic carbocycles. The quantitative estimate of drug-likeness (QED) is 0.143. The van der Waals surface area contributed by atoms with E-state index in [2.05, 4.69) is 278 Å². The average molecular weight is 879 g/mol. The number of hydrogen-bond donors (Lipinski definition) is 0. The molecule has 68 heavy (non-hydrogen) atoms. The molecule has 0 radical (unpaired) electrons. The van der Waals surface area contributed by atoms with E-state index in [0.29, 0.717) is 23.9 Å². The van der Waals surface area contributed by atoms with Crippen LogP contribution >= 0.6 is 0 Å². The first-order chi connectivity index (χ1) is 33.4. The summed E-state index contributed by atoms with van der Waals surface area (Å²) in [5, 5.41) is 4.92. The van der Waals surface area contributed by atoms with Gasteiger partial charge >= 0.3 is 0 Å². The third-order valence-corrected chi connectivity index (χ3v) is 15.0. The third kappa shape index (κ3) is 6.98. The summed E-state index contributed by atoms with van der Waals surface area (Å²) >= 11 is 0. The maximum atomic E-state index is 2.54. The topological polar surface area (TPSA) is 13.0 Å². The lowest BCUT2D eigenvalue weighted by Gasteiger charge is -2.29. The molecule has 0 aromatic heterocycles. The van der Waals surface area contributed by atoms with Crippen molar-refractivity contribution in [3.05, 3.63) is 242 Å². The molecule has 0 spiro atoms. The van der Waals surface area contributed by atoms with Gasteiger partial charge < -0.3 is 19.6 Å². The molecular formula is C64H54N4. The number of fused-ring (bicyclic) bond motifs is 4. The number of rotatable bonds is 9. The van der Waals surface area contributed by atoms with Gasteiger partial charge in [-0.15, -0.1) is 0 Å². The number of para-hydroxylation sites is 2. The van der Waals surface area contributed by atoms with Crippen molar-refractivity contribution in [2.45, 2.75) is 51.6 Å². The number of nitrogens with zero attached hydrogens (tertiary/aromatic N) is 4. The summed E-state index contributed by atoms with van der Waals surface area (Å²) in [6.07, 6.45) is 0. The van der Waals surface area contributed by atoms with Gasteiger partial charge in [0.05, 0.1) is 11.4 Å². The summed E-state index contributed by atoms with van der Waals surface area (Å²) in [6.45, 7) is 9.51. The zero-order valence-electron chi connectivity index (χ0n) is 39.0. The van der Waals surface area contributed by atoms with E-state index in [1.807, 2.05) is 0 Å². The molecule has 2 aliphatic heterocycles. The van der Waals surface area contributed by atoms with Crippen LogP contribution in [0.3, 0.4) is 0 Å². The van der Waals surface area contributed by atoms with E-state index in [4.69, 9.17) is 0 Å². The lowest BCUT2D eigenvalue weighted by atomic mass is 9.92. The van der Waals surface area contributed by atoms with Gasteiger partial charge in [0, 0.05) is 80.2 Å². The largest absolute Gasteiger partial charge is 0.338 e. The third-order valence-electron chi connectivity index (χ3n) is 15.0. The fraction of sp³-hybridized carbons (Fsp3) is 0.125. The first kappa shape index (κ1) is 41.4. The van der Waals surface area contributed by atoms with Gasteiger partial charge in [-0.25, -0.2) is 0 Å². The molecular weight excluding hydrogens is 825 g/mol. The van der Waals surface area contributed by atoms with Crippen molar-refractivity contribution in [3.63, 3.8) is 0 Å². The molecule has 330 valence electrons. The van der Waals surface area contributed by atoms with Crippen LogP contribution in [-0.4, -0.2) is 12.1 Å². The van der Waals surface area contributed by atoms with E-state index < -0.39 is 0 Å². The van der Waals surface area contributed by atoms with Crippen molar-refractivity contribution in [1.29, 1.82) is 0 Å². The van der Waals surface area contributed by atoms with Crippen LogP contribution in [-0.2, 0) is 0 Å². The maximum absolute atomic E-state index is 2.54. The molecule has 0 saturated carbocycles. The van der Waals surface area contributed by atoms with Crippen molar-refractivity contribution in [3.8, 4) is 11.1 Å². The van der Waals surface area contributed by atoms with Gasteiger partial charge in [0.1, 0.15) is 0 Å². The highest BCUT2D eigenvalue weighted by Gasteiger charge is 2.36. The van der Waals surface area contributed by atoms with Crippen LogP contribution in [0.5, 0.6) is 0 Å². The van der Waals surface area contributed by atoms with Crippen molar-refractivity contribution < 1.29 is 0 Å². The van der Waals surface area contributed by atoms with Gasteiger partial charge in [0.15, 0.2) is 0 Å².